The Bertz CT molecular complexity index is 165. The number of ether oxygens (including phenoxy) is 1. The van der Waals surface area contributed by atoms with Gasteiger partial charge in [-0.15, -0.1) is 0 Å². The molecule has 0 atom stereocenters. The minimum atomic E-state index is -0.0310. The van der Waals surface area contributed by atoms with E-state index in [4.69, 9.17) is 4.74 Å². The summed E-state index contributed by atoms with van der Waals surface area (Å²) in [5, 5.41) is 5.71. The predicted molar refractivity (Wildman–Crippen MR) is 61.1 cm³/mol. The van der Waals surface area contributed by atoms with Crippen molar-refractivity contribution in [2.24, 2.45) is 0 Å². The summed E-state index contributed by atoms with van der Waals surface area (Å²) in [5.41, 5.74) is 0. The molecule has 0 aromatic heterocycles. The van der Waals surface area contributed by atoms with Gasteiger partial charge < -0.3 is 20.3 Å². The van der Waals surface area contributed by atoms with Gasteiger partial charge in [0, 0.05) is 27.2 Å². The molecule has 0 aliphatic heterocycles. The highest BCUT2D eigenvalue weighted by Crippen LogP contribution is 1.95. The van der Waals surface area contributed by atoms with Crippen LogP contribution < -0.4 is 10.6 Å². The minimum absolute atomic E-state index is 0.0310. The molecule has 0 aromatic rings. The number of urea groups is 1. The van der Waals surface area contributed by atoms with E-state index in [1.807, 2.05) is 7.05 Å². The molecule has 0 saturated carbocycles. The van der Waals surface area contributed by atoms with Crippen molar-refractivity contribution < 1.29 is 9.53 Å². The summed E-state index contributed by atoms with van der Waals surface area (Å²) in [5.74, 6) is 0. The first-order valence-corrected chi connectivity index (χ1v) is 5.36. The number of nitrogens with zero attached hydrogens (tertiary/aromatic N) is 1. The molecule has 0 aliphatic rings. The second kappa shape index (κ2) is 9.73. The van der Waals surface area contributed by atoms with E-state index in [1.54, 1.807) is 19.1 Å². The number of amides is 2. The summed E-state index contributed by atoms with van der Waals surface area (Å²) in [6, 6.07) is -0.0310. The largest absolute Gasteiger partial charge is 0.383 e. The van der Waals surface area contributed by atoms with Gasteiger partial charge in [-0.25, -0.2) is 4.79 Å². The normalized spacial score (nSPS) is 10.1. The lowest BCUT2D eigenvalue weighted by Gasteiger charge is -2.21. The molecule has 0 aliphatic carbocycles. The van der Waals surface area contributed by atoms with Crippen molar-refractivity contribution in [2.75, 3.05) is 47.4 Å². The van der Waals surface area contributed by atoms with Gasteiger partial charge in [0.2, 0.25) is 0 Å². The SMILES string of the molecule is CNCCCCN(CCOC)C(=O)NC. The maximum Gasteiger partial charge on any atom is 0.317 e. The third-order valence-electron chi connectivity index (χ3n) is 2.17. The van der Waals surface area contributed by atoms with E-state index in [0.29, 0.717) is 13.2 Å². The molecule has 0 saturated heterocycles. The van der Waals surface area contributed by atoms with E-state index < -0.39 is 0 Å². The Morgan fingerprint density at radius 3 is 2.53 bits per heavy atom. The van der Waals surface area contributed by atoms with Crippen molar-refractivity contribution in [1.29, 1.82) is 0 Å². The molecule has 0 heterocycles. The molecule has 0 aromatic carbocycles. The van der Waals surface area contributed by atoms with Crippen molar-refractivity contribution in [3.05, 3.63) is 0 Å². The summed E-state index contributed by atoms with van der Waals surface area (Å²) in [6.45, 7) is 3.01. The van der Waals surface area contributed by atoms with Crippen LogP contribution in [0, 0.1) is 0 Å². The lowest BCUT2D eigenvalue weighted by molar-refractivity contribution is 0.149. The topological polar surface area (TPSA) is 53.6 Å². The van der Waals surface area contributed by atoms with Crippen LogP contribution in [0.3, 0.4) is 0 Å². The molecule has 0 spiro atoms. The lowest BCUT2D eigenvalue weighted by Crippen LogP contribution is -2.40. The van der Waals surface area contributed by atoms with Crippen LogP contribution in [0.15, 0.2) is 0 Å². The summed E-state index contributed by atoms with van der Waals surface area (Å²) in [6.07, 6.45) is 2.09. The molecule has 2 amide bonds. The first-order valence-electron chi connectivity index (χ1n) is 5.36. The molecule has 0 fully saturated rings. The Balaban J connectivity index is 3.74. The first kappa shape index (κ1) is 14.2. The van der Waals surface area contributed by atoms with Crippen molar-refractivity contribution >= 4 is 6.03 Å². The van der Waals surface area contributed by atoms with Gasteiger partial charge >= 0.3 is 6.03 Å². The maximum atomic E-state index is 11.4. The van der Waals surface area contributed by atoms with E-state index in [2.05, 4.69) is 10.6 Å². The molecular weight excluding hydrogens is 194 g/mol. The average Bonchev–Trinajstić information content (AvgIpc) is 2.27. The maximum absolute atomic E-state index is 11.4. The predicted octanol–water partition coefficient (Wildman–Crippen LogP) is 0.274. The van der Waals surface area contributed by atoms with Gasteiger partial charge in [0.1, 0.15) is 0 Å². The van der Waals surface area contributed by atoms with Crippen LogP contribution in [0.5, 0.6) is 0 Å². The molecule has 5 nitrogen and oxygen atoms in total. The van der Waals surface area contributed by atoms with Crippen molar-refractivity contribution in [3.8, 4) is 0 Å². The van der Waals surface area contributed by atoms with Crippen LogP contribution in [-0.2, 0) is 4.74 Å². The van der Waals surface area contributed by atoms with E-state index in [9.17, 15) is 4.79 Å². The van der Waals surface area contributed by atoms with Gasteiger partial charge in [0.15, 0.2) is 0 Å². The number of methoxy groups -OCH3 is 1. The summed E-state index contributed by atoms with van der Waals surface area (Å²) >= 11 is 0. The van der Waals surface area contributed by atoms with Crippen molar-refractivity contribution in [2.45, 2.75) is 12.8 Å². The second-order valence-electron chi connectivity index (χ2n) is 3.35. The smallest absolute Gasteiger partial charge is 0.317 e. The van der Waals surface area contributed by atoms with Gasteiger partial charge in [-0.1, -0.05) is 0 Å². The van der Waals surface area contributed by atoms with E-state index in [1.165, 1.54) is 0 Å². The highest BCUT2D eigenvalue weighted by molar-refractivity contribution is 5.73. The quantitative estimate of drug-likeness (QED) is 0.574. The molecule has 90 valence electrons. The summed E-state index contributed by atoms with van der Waals surface area (Å²) < 4.78 is 4.96. The zero-order valence-electron chi connectivity index (χ0n) is 10.0. The van der Waals surface area contributed by atoms with Crippen molar-refractivity contribution in [3.63, 3.8) is 0 Å². The van der Waals surface area contributed by atoms with Crippen LogP contribution in [0.4, 0.5) is 4.79 Å². The Hall–Kier alpha value is -0.810. The van der Waals surface area contributed by atoms with Crippen LogP contribution in [0.2, 0.25) is 0 Å². The third kappa shape index (κ3) is 7.16. The molecule has 15 heavy (non-hydrogen) atoms. The fourth-order valence-electron chi connectivity index (χ4n) is 1.28. The monoisotopic (exact) mass is 217 g/mol. The molecule has 0 rings (SSSR count). The Morgan fingerprint density at radius 2 is 2.00 bits per heavy atom. The van der Waals surface area contributed by atoms with Crippen molar-refractivity contribution in [1.82, 2.24) is 15.5 Å². The molecule has 0 radical (unpaired) electrons. The van der Waals surface area contributed by atoms with E-state index in [0.717, 1.165) is 25.9 Å². The third-order valence-corrected chi connectivity index (χ3v) is 2.17. The first-order chi connectivity index (χ1) is 7.26. The number of unbranched alkanes of at least 4 members (excludes halogenated alkanes) is 1. The molecule has 2 N–H and O–H groups in total. The summed E-state index contributed by atoms with van der Waals surface area (Å²) in [4.78, 5) is 13.2. The number of carbonyl (C=O) groups excluding carboxylic acids is 1. The number of nitrogens with one attached hydrogen (secondary N) is 2. The Morgan fingerprint density at radius 1 is 1.27 bits per heavy atom. The second-order valence-corrected chi connectivity index (χ2v) is 3.35. The number of hydrogen-bond acceptors (Lipinski definition) is 3. The molecule has 0 bridgehead atoms. The van der Waals surface area contributed by atoms with Crippen LogP contribution in [0.1, 0.15) is 12.8 Å². The highest BCUT2D eigenvalue weighted by Gasteiger charge is 2.09. The fourth-order valence-corrected chi connectivity index (χ4v) is 1.28. The van der Waals surface area contributed by atoms with Gasteiger partial charge in [-0.2, -0.15) is 0 Å². The Labute approximate surface area is 92.2 Å². The zero-order valence-corrected chi connectivity index (χ0v) is 10.0. The fraction of sp³-hybridized carbons (Fsp3) is 0.900. The number of hydrogen-bond donors (Lipinski definition) is 2. The van der Waals surface area contributed by atoms with Gasteiger partial charge in [-0.3, -0.25) is 0 Å². The molecular formula is C10H23N3O2. The highest BCUT2D eigenvalue weighted by atomic mass is 16.5. The Kier molecular flexibility index (Phi) is 9.21. The van der Waals surface area contributed by atoms with E-state index >= 15 is 0 Å². The molecule has 0 unspecified atom stereocenters. The van der Waals surface area contributed by atoms with Crippen LogP contribution in [-0.4, -0.2) is 58.4 Å². The average molecular weight is 217 g/mol. The van der Waals surface area contributed by atoms with Crippen LogP contribution >= 0.6 is 0 Å². The lowest BCUT2D eigenvalue weighted by atomic mass is 10.3. The van der Waals surface area contributed by atoms with Gasteiger partial charge in [0.25, 0.3) is 0 Å². The standard InChI is InChI=1S/C10H23N3O2/c1-11-6-4-5-7-13(8-9-15-3)10(14)12-2/h11H,4-9H2,1-3H3,(H,12,14). The number of rotatable bonds is 8. The van der Waals surface area contributed by atoms with Gasteiger partial charge in [-0.05, 0) is 26.4 Å². The van der Waals surface area contributed by atoms with E-state index in [-0.39, 0.29) is 6.03 Å². The zero-order chi connectivity index (χ0) is 11.5. The number of carbonyl (C=O) groups is 1. The van der Waals surface area contributed by atoms with Gasteiger partial charge in [0.05, 0.1) is 6.61 Å². The van der Waals surface area contributed by atoms with Crippen LogP contribution in [0.25, 0.3) is 0 Å². The molecule has 5 heteroatoms. The minimum Gasteiger partial charge on any atom is -0.383 e. The summed E-state index contributed by atoms with van der Waals surface area (Å²) in [7, 11) is 5.22.